The molecule has 0 fully saturated rings. The lowest BCUT2D eigenvalue weighted by Crippen LogP contribution is -2.20. The zero-order valence-corrected chi connectivity index (χ0v) is 12.0. The number of hydrogen-bond acceptors (Lipinski definition) is 4. The van der Waals surface area contributed by atoms with Crippen LogP contribution in [0.2, 0.25) is 0 Å². The summed E-state index contributed by atoms with van der Waals surface area (Å²) in [5.41, 5.74) is 2.37. The normalized spacial score (nSPS) is 10.6. The van der Waals surface area contributed by atoms with Crippen LogP contribution in [0, 0.1) is 6.92 Å². The highest BCUT2D eigenvalue weighted by atomic mass is 35.5. The molecule has 0 bridgehead atoms. The highest BCUT2D eigenvalue weighted by molar-refractivity contribution is 7.22. The van der Waals surface area contributed by atoms with Crippen LogP contribution in [0.1, 0.15) is 5.56 Å². The molecule has 1 N–H and O–H groups in total. The van der Waals surface area contributed by atoms with Crippen molar-refractivity contribution in [3.05, 3.63) is 23.8 Å². The van der Waals surface area contributed by atoms with Gasteiger partial charge in [0, 0.05) is 13.1 Å². The number of fused-ring (bicyclic) bond motifs is 1. The highest BCUT2D eigenvalue weighted by Gasteiger charge is 2.04. The maximum Gasteiger partial charge on any atom is 0.183 e. The molecule has 2 rings (SSSR count). The first-order valence-corrected chi connectivity index (χ1v) is 6.23. The molecule has 94 valence electrons. The fourth-order valence-electron chi connectivity index (χ4n) is 1.55. The second kappa shape index (κ2) is 6.19. The summed E-state index contributed by atoms with van der Waals surface area (Å²) in [7, 11) is 4.15. The van der Waals surface area contributed by atoms with E-state index in [1.165, 1.54) is 10.3 Å². The van der Waals surface area contributed by atoms with Crippen LogP contribution in [-0.2, 0) is 0 Å². The van der Waals surface area contributed by atoms with Gasteiger partial charge in [0.2, 0.25) is 0 Å². The Morgan fingerprint density at radius 2 is 2.12 bits per heavy atom. The minimum Gasteiger partial charge on any atom is -0.360 e. The van der Waals surface area contributed by atoms with Crippen LogP contribution in [0.4, 0.5) is 5.13 Å². The average Bonchev–Trinajstić information content (AvgIpc) is 2.61. The Balaban J connectivity index is 0.00000144. The van der Waals surface area contributed by atoms with Crippen molar-refractivity contribution in [1.29, 1.82) is 0 Å². The minimum atomic E-state index is 0. The lowest BCUT2D eigenvalue weighted by molar-refractivity contribution is 0.425. The first kappa shape index (κ1) is 14.2. The van der Waals surface area contributed by atoms with Crippen molar-refractivity contribution in [2.24, 2.45) is 0 Å². The third-order valence-electron chi connectivity index (χ3n) is 2.46. The summed E-state index contributed by atoms with van der Waals surface area (Å²) in [4.78, 5) is 6.76. The topological polar surface area (TPSA) is 28.2 Å². The van der Waals surface area contributed by atoms with Gasteiger partial charge in [-0.15, -0.1) is 12.4 Å². The summed E-state index contributed by atoms with van der Waals surface area (Å²) in [5.74, 6) is 0. The second-order valence-electron chi connectivity index (χ2n) is 4.17. The van der Waals surface area contributed by atoms with Crippen molar-refractivity contribution in [1.82, 2.24) is 9.88 Å². The lowest BCUT2D eigenvalue weighted by Gasteiger charge is -2.08. The number of hydrogen-bond donors (Lipinski definition) is 1. The molecule has 0 aliphatic rings. The van der Waals surface area contributed by atoms with Crippen LogP contribution in [0.25, 0.3) is 10.2 Å². The van der Waals surface area contributed by atoms with Gasteiger partial charge in [-0.25, -0.2) is 4.98 Å². The minimum absolute atomic E-state index is 0. The van der Waals surface area contributed by atoms with Gasteiger partial charge in [-0.05, 0) is 32.6 Å². The van der Waals surface area contributed by atoms with Crippen molar-refractivity contribution < 1.29 is 0 Å². The van der Waals surface area contributed by atoms with Gasteiger partial charge in [0.15, 0.2) is 5.13 Å². The molecular formula is C12H18ClN3S. The predicted octanol–water partition coefficient (Wildman–Crippen LogP) is 3.00. The maximum atomic E-state index is 4.60. The second-order valence-corrected chi connectivity index (χ2v) is 5.20. The number of nitrogens with one attached hydrogen (secondary N) is 1. The third kappa shape index (κ3) is 3.56. The number of likely N-dealkylation sites (N-methyl/N-ethyl adjacent to an activating group) is 1. The van der Waals surface area contributed by atoms with Crippen LogP contribution in [0.3, 0.4) is 0 Å². The highest BCUT2D eigenvalue weighted by Crippen LogP contribution is 2.27. The van der Waals surface area contributed by atoms with Crippen LogP contribution < -0.4 is 5.32 Å². The molecular weight excluding hydrogens is 254 g/mol. The summed E-state index contributed by atoms with van der Waals surface area (Å²) in [5, 5.41) is 4.38. The molecule has 0 amide bonds. The van der Waals surface area contributed by atoms with Crippen LogP contribution >= 0.6 is 23.7 Å². The van der Waals surface area contributed by atoms with E-state index in [1.54, 1.807) is 11.3 Å². The molecule has 0 saturated carbocycles. The molecule has 2 aromatic rings. The maximum absolute atomic E-state index is 4.60. The number of nitrogens with zero attached hydrogens (tertiary/aromatic N) is 2. The van der Waals surface area contributed by atoms with Crippen LogP contribution in [0.5, 0.6) is 0 Å². The zero-order valence-electron chi connectivity index (χ0n) is 10.4. The first-order valence-electron chi connectivity index (χ1n) is 5.41. The Hall–Kier alpha value is -0.840. The molecule has 0 unspecified atom stereocenters. The smallest absolute Gasteiger partial charge is 0.183 e. The average molecular weight is 272 g/mol. The largest absolute Gasteiger partial charge is 0.360 e. The number of rotatable bonds is 4. The summed E-state index contributed by atoms with van der Waals surface area (Å²) < 4.78 is 1.26. The molecule has 1 heterocycles. The number of thiazole rings is 1. The standard InChI is InChI=1S/C12H17N3S.ClH/c1-9-5-4-6-10-11(9)14-12(16-10)13-7-8-15(2)3;/h4-6H,7-8H2,1-3H3,(H,13,14);1H. The molecule has 0 spiro atoms. The SMILES string of the molecule is Cc1cccc2sc(NCCN(C)C)nc12.Cl. The fourth-order valence-corrected chi connectivity index (χ4v) is 2.52. The molecule has 0 saturated heterocycles. The quantitative estimate of drug-likeness (QED) is 0.927. The van der Waals surface area contributed by atoms with E-state index in [0.717, 1.165) is 23.7 Å². The summed E-state index contributed by atoms with van der Waals surface area (Å²) in [6.07, 6.45) is 0. The molecule has 0 atom stereocenters. The van der Waals surface area contributed by atoms with E-state index in [2.05, 4.69) is 54.4 Å². The molecule has 5 heteroatoms. The van der Waals surface area contributed by atoms with Gasteiger partial charge in [-0.3, -0.25) is 0 Å². The van der Waals surface area contributed by atoms with E-state index in [4.69, 9.17) is 0 Å². The Morgan fingerprint density at radius 1 is 1.35 bits per heavy atom. The van der Waals surface area contributed by atoms with Crippen LogP contribution in [-0.4, -0.2) is 37.1 Å². The fraction of sp³-hybridized carbons (Fsp3) is 0.417. The molecule has 0 radical (unpaired) electrons. The molecule has 0 aliphatic carbocycles. The van der Waals surface area contributed by atoms with E-state index in [9.17, 15) is 0 Å². The zero-order chi connectivity index (χ0) is 11.5. The molecule has 1 aromatic carbocycles. The van der Waals surface area contributed by atoms with E-state index >= 15 is 0 Å². The van der Waals surface area contributed by atoms with Gasteiger partial charge >= 0.3 is 0 Å². The van der Waals surface area contributed by atoms with Crippen molar-refractivity contribution >= 4 is 39.1 Å². The Kier molecular flexibility index (Phi) is 5.18. The van der Waals surface area contributed by atoms with Crippen molar-refractivity contribution in [2.75, 3.05) is 32.5 Å². The number of para-hydroxylation sites is 1. The Morgan fingerprint density at radius 3 is 2.76 bits per heavy atom. The van der Waals surface area contributed by atoms with E-state index in [1.807, 2.05) is 0 Å². The van der Waals surface area contributed by atoms with Crippen molar-refractivity contribution in [3.63, 3.8) is 0 Å². The number of anilines is 1. The van der Waals surface area contributed by atoms with Gasteiger partial charge in [-0.2, -0.15) is 0 Å². The summed E-state index contributed by atoms with van der Waals surface area (Å²) >= 11 is 1.72. The molecule has 0 aliphatic heterocycles. The molecule has 3 nitrogen and oxygen atoms in total. The number of halogens is 1. The van der Waals surface area contributed by atoms with Gasteiger partial charge in [0.1, 0.15) is 0 Å². The number of aromatic nitrogens is 1. The van der Waals surface area contributed by atoms with Gasteiger partial charge < -0.3 is 10.2 Å². The van der Waals surface area contributed by atoms with Gasteiger partial charge in [-0.1, -0.05) is 23.5 Å². The predicted molar refractivity (Wildman–Crippen MR) is 78.6 cm³/mol. The van der Waals surface area contributed by atoms with E-state index in [0.29, 0.717) is 0 Å². The van der Waals surface area contributed by atoms with Crippen LogP contribution in [0.15, 0.2) is 18.2 Å². The van der Waals surface area contributed by atoms with E-state index < -0.39 is 0 Å². The summed E-state index contributed by atoms with van der Waals surface area (Å²) in [6.45, 7) is 4.06. The third-order valence-corrected chi connectivity index (χ3v) is 3.43. The lowest BCUT2D eigenvalue weighted by atomic mass is 10.2. The number of benzene rings is 1. The monoisotopic (exact) mass is 271 g/mol. The van der Waals surface area contributed by atoms with Crippen molar-refractivity contribution in [3.8, 4) is 0 Å². The van der Waals surface area contributed by atoms with Gasteiger partial charge in [0.05, 0.1) is 10.2 Å². The number of aryl methyl sites for hydroxylation is 1. The molecule has 17 heavy (non-hydrogen) atoms. The Labute approximate surface area is 112 Å². The molecule has 1 aromatic heterocycles. The summed E-state index contributed by atoms with van der Waals surface area (Å²) in [6, 6.07) is 6.31. The Bertz CT molecular complexity index is 482. The van der Waals surface area contributed by atoms with Crippen molar-refractivity contribution in [2.45, 2.75) is 6.92 Å². The van der Waals surface area contributed by atoms with Gasteiger partial charge in [0.25, 0.3) is 0 Å². The first-order chi connectivity index (χ1) is 7.66. The van der Waals surface area contributed by atoms with E-state index in [-0.39, 0.29) is 12.4 Å².